The molecule has 3 aromatic rings. The minimum Gasteiger partial charge on any atom is -0.493 e. The van der Waals surface area contributed by atoms with E-state index in [0.717, 1.165) is 23.6 Å². The van der Waals surface area contributed by atoms with Crippen molar-refractivity contribution in [3.05, 3.63) is 75.5 Å². The number of halogens is 3. The summed E-state index contributed by atoms with van der Waals surface area (Å²) in [6.07, 6.45) is 3.21. The number of hydrogen-bond donors (Lipinski definition) is 1. The molecule has 0 aliphatic rings. The van der Waals surface area contributed by atoms with Crippen LogP contribution in [0.5, 0.6) is 5.75 Å². The lowest BCUT2D eigenvalue weighted by Crippen LogP contribution is -2.15. The molecule has 0 unspecified atom stereocenters. The highest BCUT2D eigenvalue weighted by atomic mass is 35.5. The zero-order valence-electron chi connectivity index (χ0n) is 18.0. The predicted molar refractivity (Wildman–Crippen MR) is 136 cm³/mol. The molecule has 0 aliphatic heterocycles. The van der Waals surface area contributed by atoms with E-state index in [1.807, 2.05) is 29.7 Å². The number of para-hydroxylation sites is 1. The van der Waals surface area contributed by atoms with Gasteiger partial charge in [0.2, 0.25) is 5.91 Å². The largest absolute Gasteiger partial charge is 0.493 e. The average Bonchev–Trinajstić information content (AvgIpc) is 3.15. The van der Waals surface area contributed by atoms with E-state index in [0.29, 0.717) is 45.5 Å². The molecule has 0 bridgehead atoms. The van der Waals surface area contributed by atoms with Crippen molar-refractivity contribution in [2.24, 2.45) is 0 Å². The fourth-order valence-corrected chi connectivity index (χ4v) is 4.52. The molecule has 3 rings (SSSR count). The van der Waals surface area contributed by atoms with E-state index in [1.165, 1.54) is 11.8 Å². The summed E-state index contributed by atoms with van der Waals surface area (Å²) in [7, 11) is 0. The highest BCUT2D eigenvalue weighted by molar-refractivity contribution is 7.99. The normalized spacial score (nSPS) is 10.8. The van der Waals surface area contributed by atoms with Crippen LogP contribution < -0.4 is 10.1 Å². The molecule has 1 N–H and O–H groups in total. The first-order valence-corrected chi connectivity index (χ1v) is 12.3. The van der Waals surface area contributed by atoms with Crippen LogP contribution in [0, 0.1) is 6.92 Å². The Hall–Kier alpha value is -2.19. The van der Waals surface area contributed by atoms with Crippen molar-refractivity contribution in [3.63, 3.8) is 0 Å². The maximum atomic E-state index is 12.4. The Balaban J connectivity index is 1.55. The second-order valence-electron chi connectivity index (χ2n) is 7.09. The van der Waals surface area contributed by atoms with Crippen LogP contribution in [0.4, 0.5) is 5.69 Å². The van der Waals surface area contributed by atoms with Gasteiger partial charge in [0.25, 0.3) is 0 Å². The first-order chi connectivity index (χ1) is 15.9. The number of nitrogens with zero attached hydrogens (tertiary/aromatic N) is 3. The maximum absolute atomic E-state index is 12.4. The van der Waals surface area contributed by atoms with E-state index >= 15 is 0 Å². The Morgan fingerprint density at radius 1 is 1.21 bits per heavy atom. The number of carbonyl (C=O) groups is 1. The second kappa shape index (κ2) is 12.3. The van der Waals surface area contributed by atoms with E-state index in [9.17, 15) is 4.79 Å². The zero-order valence-corrected chi connectivity index (χ0v) is 21.1. The van der Waals surface area contributed by atoms with Gasteiger partial charge < -0.3 is 14.6 Å². The lowest BCUT2D eigenvalue weighted by atomic mass is 10.2. The van der Waals surface area contributed by atoms with Crippen molar-refractivity contribution in [2.75, 3.05) is 17.7 Å². The lowest BCUT2D eigenvalue weighted by molar-refractivity contribution is -0.113. The fraction of sp³-hybridized carbons (Fsp3) is 0.261. The van der Waals surface area contributed by atoms with Gasteiger partial charge in [0.15, 0.2) is 5.16 Å². The maximum Gasteiger partial charge on any atom is 0.234 e. The van der Waals surface area contributed by atoms with Crippen LogP contribution in [0.2, 0.25) is 15.1 Å². The van der Waals surface area contributed by atoms with Gasteiger partial charge in [0.1, 0.15) is 11.6 Å². The Bertz CT molecular complexity index is 1120. The molecule has 10 heteroatoms. The number of aryl methyl sites for hydroxylation is 2. The predicted octanol–water partition coefficient (Wildman–Crippen LogP) is 6.48. The van der Waals surface area contributed by atoms with Gasteiger partial charge in [-0.15, -0.1) is 16.8 Å². The molecule has 0 radical (unpaired) electrons. The molecule has 0 spiro atoms. The van der Waals surface area contributed by atoms with Gasteiger partial charge in [-0.05, 0) is 49.2 Å². The smallest absolute Gasteiger partial charge is 0.234 e. The van der Waals surface area contributed by atoms with Gasteiger partial charge in [-0.25, -0.2) is 0 Å². The number of allylic oxidation sites excluding steroid dienone is 1. The van der Waals surface area contributed by atoms with Gasteiger partial charge in [0.05, 0.1) is 28.1 Å². The molecular weight excluding hydrogens is 503 g/mol. The van der Waals surface area contributed by atoms with Crippen LogP contribution in [0.1, 0.15) is 17.8 Å². The number of thioether (sulfide) groups is 1. The van der Waals surface area contributed by atoms with Crippen LogP contribution in [0.25, 0.3) is 0 Å². The molecule has 0 aliphatic carbocycles. The number of rotatable bonds is 11. The Kier molecular flexibility index (Phi) is 9.50. The van der Waals surface area contributed by atoms with E-state index in [2.05, 4.69) is 22.1 Å². The summed E-state index contributed by atoms with van der Waals surface area (Å²) in [5, 5.41) is 13.4. The molecular formula is C23H23Cl3N4O2S. The van der Waals surface area contributed by atoms with Gasteiger partial charge in [-0.2, -0.15) is 0 Å². The third-order valence-corrected chi connectivity index (χ3v) is 6.44. The van der Waals surface area contributed by atoms with Gasteiger partial charge in [-0.1, -0.05) is 58.7 Å². The molecule has 1 aromatic heterocycles. The Morgan fingerprint density at radius 3 is 2.67 bits per heavy atom. The number of anilines is 1. The summed E-state index contributed by atoms with van der Waals surface area (Å²) < 4.78 is 7.80. The molecule has 0 atom stereocenters. The van der Waals surface area contributed by atoms with Gasteiger partial charge in [-0.3, -0.25) is 4.79 Å². The van der Waals surface area contributed by atoms with Gasteiger partial charge >= 0.3 is 0 Å². The molecule has 6 nitrogen and oxygen atoms in total. The number of hydrogen-bond acceptors (Lipinski definition) is 5. The third-order valence-electron chi connectivity index (χ3n) is 4.60. The molecule has 1 amide bonds. The van der Waals surface area contributed by atoms with Crippen LogP contribution in [-0.4, -0.2) is 33.0 Å². The van der Waals surface area contributed by atoms with Crippen molar-refractivity contribution >= 4 is 58.2 Å². The summed E-state index contributed by atoms with van der Waals surface area (Å²) in [5.74, 6) is 1.52. The first-order valence-electron chi connectivity index (χ1n) is 10.2. The van der Waals surface area contributed by atoms with Gasteiger partial charge in [0, 0.05) is 18.0 Å². The SMILES string of the molecule is C=CCn1c(CCCOc2ccc(Cl)cc2C)nnc1SCC(=O)Nc1c(Cl)cccc1Cl. The Morgan fingerprint density at radius 2 is 1.97 bits per heavy atom. The van der Waals surface area contributed by atoms with E-state index < -0.39 is 0 Å². The van der Waals surface area contributed by atoms with Crippen LogP contribution in [0.3, 0.4) is 0 Å². The monoisotopic (exact) mass is 524 g/mol. The Labute approximate surface area is 212 Å². The van der Waals surface area contributed by atoms with Crippen LogP contribution >= 0.6 is 46.6 Å². The second-order valence-corrected chi connectivity index (χ2v) is 9.29. The number of amides is 1. The average molecular weight is 526 g/mol. The van der Waals surface area contributed by atoms with E-state index in [4.69, 9.17) is 39.5 Å². The summed E-state index contributed by atoms with van der Waals surface area (Å²) in [6.45, 7) is 6.85. The number of ether oxygens (including phenoxy) is 1. The molecule has 0 saturated heterocycles. The number of nitrogens with one attached hydrogen (secondary N) is 1. The molecule has 0 fully saturated rings. The van der Waals surface area contributed by atoms with Crippen LogP contribution in [-0.2, 0) is 17.8 Å². The summed E-state index contributed by atoms with van der Waals surface area (Å²) in [5.41, 5.74) is 1.39. The molecule has 174 valence electrons. The first kappa shape index (κ1) is 25.4. The zero-order chi connectivity index (χ0) is 23.8. The molecule has 0 saturated carbocycles. The summed E-state index contributed by atoms with van der Waals surface area (Å²) in [4.78, 5) is 12.4. The van der Waals surface area contributed by atoms with Crippen molar-refractivity contribution in [1.82, 2.24) is 14.8 Å². The van der Waals surface area contributed by atoms with E-state index in [1.54, 1.807) is 24.3 Å². The minimum atomic E-state index is -0.239. The fourth-order valence-electron chi connectivity index (χ4n) is 3.03. The molecule has 33 heavy (non-hydrogen) atoms. The van der Waals surface area contributed by atoms with Crippen molar-refractivity contribution in [1.29, 1.82) is 0 Å². The van der Waals surface area contributed by atoms with Crippen LogP contribution in [0.15, 0.2) is 54.2 Å². The number of carbonyl (C=O) groups excluding carboxylic acids is 1. The lowest BCUT2D eigenvalue weighted by Gasteiger charge is -2.11. The number of aromatic nitrogens is 3. The standard InChI is InChI=1S/C23H23Cl3N4O2S/c1-3-11-30-20(8-5-12-32-19-10-9-16(24)13-15(19)2)28-29-23(30)33-14-21(31)27-22-17(25)6-4-7-18(22)26/h3-4,6-7,9-10,13H,1,5,8,11-12,14H2,2H3,(H,27,31). The molecule has 2 aromatic carbocycles. The third kappa shape index (κ3) is 7.14. The van der Waals surface area contributed by atoms with Crippen molar-refractivity contribution in [3.8, 4) is 5.75 Å². The highest BCUT2D eigenvalue weighted by Crippen LogP contribution is 2.30. The summed E-state index contributed by atoms with van der Waals surface area (Å²) in [6, 6.07) is 10.6. The minimum absolute atomic E-state index is 0.135. The topological polar surface area (TPSA) is 69.0 Å². The van der Waals surface area contributed by atoms with Crippen molar-refractivity contribution in [2.45, 2.75) is 31.5 Å². The highest BCUT2D eigenvalue weighted by Gasteiger charge is 2.15. The summed E-state index contributed by atoms with van der Waals surface area (Å²) >= 11 is 19.5. The van der Waals surface area contributed by atoms with Crippen molar-refractivity contribution < 1.29 is 9.53 Å². The molecule has 1 heterocycles. The van der Waals surface area contributed by atoms with E-state index in [-0.39, 0.29) is 11.7 Å². The quantitative estimate of drug-likeness (QED) is 0.176. The number of benzene rings is 2.